The van der Waals surface area contributed by atoms with Crippen molar-refractivity contribution in [2.75, 3.05) is 23.9 Å². The molecular formula is C11H19N3O3S. The Hall–Kier alpha value is -1.37. The third-order valence-electron chi connectivity index (χ3n) is 2.25. The van der Waals surface area contributed by atoms with E-state index in [1.165, 1.54) is 12.6 Å². The molecule has 0 aliphatic rings. The smallest absolute Gasteiger partial charge is 0.221 e. The molecule has 0 spiro atoms. The van der Waals surface area contributed by atoms with Gasteiger partial charge in [-0.15, -0.1) is 0 Å². The maximum absolute atomic E-state index is 11.2. The Morgan fingerprint density at radius 3 is 2.67 bits per heavy atom. The van der Waals surface area contributed by atoms with E-state index in [0.717, 1.165) is 5.56 Å². The molecule has 0 aromatic carbocycles. The summed E-state index contributed by atoms with van der Waals surface area (Å²) >= 11 is 0. The molecule has 7 heteroatoms. The Bertz CT molecular complexity index is 502. The van der Waals surface area contributed by atoms with E-state index in [1.807, 2.05) is 13.8 Å². The van der Waals surface area contributed by atoms with Crippen molar-refractivity contribution in [1.29, 1.82) is 0 Å². The minimum Gasteiger partial charge on any atom is -0.478 e. The topological polar surface area (TPSA) is 81.2 Å². The zero-order valence-corrected chi connectivity index (χ0v) is 11.9. The van der Waals surface area contributed by atoms with Crippen molar-refractivity contribution < 1.29 is 13.2 Å². The second-order valence-corrected chi connectivity index (χ2v) is 6.41. The van der Waals surface area contributed by atoms with Gasteiger partial charge in [0.15, 0.2) is 0 Å². The minimum absolute atomic E-state index is 0.0560. The number of rotatable bonds is 6. The fraction of sp³-hybridized carbons (Fsp3) is 0.636. The molecule has 1 heterocycles. The van der Waals surface area contributed by atoms with Crippen LogP contribution in [0.1, 0.15) is 19.4 Å². The molecule has 0 amide bonds. The third kappa shape index (κ3) is 4.48. The zero-order chi connectivity index (χ0) is 13.8. The van der Waals surface area contributed by atoms with Crippen molar-refractivity contribution in [3.05, 3.63) is 11.9 Å². The third-order valence-corrected chi connectivity index (χ3v) is 3.36. The van der Waals surface area contributed by atoms with Crippen LogP contribution in [0.5, 0.6) is 5.88 Å². The van der Waals surface area contributed by atoms with Gasteiger partial charge in [0, 0.05) is 12.3 Å². The fourth-order valence-corrected chi connectivity index (χ4v) is 2.58. The average Bonchev–Trinajstić information content (AvgIpc) is 2.21. The maximum Gasteiger partial charge on any atom is 0.221 e. The second kappa shape index (κ2) is 5.99. The summed E-state index contributed by atoms with van der Waals surface area (Å²) in [5.41, 5.74) is 0.778. The molecule has 1 unspecified atom stereocenters. The summed E-state index contributed by atoms with van der Waals surface area (Å²) < 4.78 is 27.7. The first-order chi connectivity index (χ1) is 8.33. The Morgan fingerprint density at radius 1 is 1.44 bits per heavy atom. The Labute approximate surface area is 108 Å². The number of nitrogens with one attached hydrogen (secondary N) is 1. The van der Waals surface area contributed by atoms with Crippen LogP contribution in [0.2, 0.25) is 0 Å². The Balaban J connectivity index is 2.81. The normalized spacial score (nSPS) is 13.1. The summed E-state index contributed by atoms with van der Waals surface area (Å²) in [5.74, 6) is 1.17. The van der Waals surface area contributed by atoms with E-state index < -0.39 is 9.84 Å². The molecule has 0 aliphatic heterocycles. The second-order valence-electron chi connectivity index (χ2n) is 4.22. The van der Waals surface area contributed by atoms with Crippen molar-refractivity contribution in [3.63, 3.8) is 0 Å². The zero-order valence-electron chi connectivity index (χ0n) is 11.1. The molecule has 1 atom stereocenters. The van der Waals surface area contributed by atoms with E-state index >= 15 is 0 Å². The number of sulfone groups is 1. The number of hydrogen-bond acceptors (Lipinski definition) is 6. The molecule has 1 rings (SSSR count). The Kier molecular flexibility index (Phi) is 4.89. The van der Waals surface area contributed by atoms with Gasteiger partial charge in [0.05, 0.1) is 17.9 Å². The summed E-state index contributed by atoms with van der Waals surface area (Å²) in [6.45, 7) is 6.03. The predicted octanol–water partition coefficient (Wildman–Crippen LogP) is 1.03. The summed E-state index contributed by atoms with van der Waals surface area (Å²) in [4.78, 5) is 8.11. The van der Waals surface area contributed by atoms with Crippen LogP contribution in [0.4, 0.5) is 5.82 Å². The summed E-state index contributed by atoms with van der Waals surface area (Å²) in [7, 11) is -3.01. The summed E-state index contributed by atoms with van der Waals surface area (Å²) in [5, 5.41) is 3.06. The van der Waals surface area contributed by atoms with Crippen LogP contribution in [0.25, 0.3) is 0 Å². The van der Waals surface area contributed by atoms with Gasteiger partial charge in [-0.05, 0) is 20.8 Å². The summed E-state index contributed by atoms with van der Waals surface area (Å²) in [6, 6.07) is -0.219. The highest BCUT2D eigenvalue weighted by atomic mass is 32.2. The quantitative estimate of drug-likeness (QED) is 0.833. The van der Waals surface area contributed by atoms with Crippen LogP contribution in [0.15, 0.2) is 6.33 Å². The summed E-state index contributed by atoms with van der Waals surface area (Å²) in [6.07, 6.45) is 2.61. The molecule has 0 fully saturated rings. The predicted molar refractivity (Wildman–Crippen MR) is 70.7 cm³/mol. The van der Waals surface area contributed by atoms with Crippen LogP contribution < -0.4 is 10.1 Å². The lowest BCUT2D eigenvalue weighted by atomic mass is 10.3. The molecule has 0 saturated carbocycles. The van der Waals surface area contributed by atoms with Crippen LogP contribution in [-0.2, 0) is 9.84 Å². The first-order valence-electron chi connectivity index (χ1n) is 5.72. The first-order valence-corrected chi connectivity index (χ1v) is 7.78. The molecule has 0 radical (unpaired) electrons. The molecular weight excluding hydrogens is 254 g/mol. The number of aromatic nitrogens is 2. The number of nitrogens with zero attached hydrogens (tertiary/aromatic N) is 2. The number of anilines is 1. The Morgan fingerprint density at radius 2 is 2.11 bits per heavy atom. The fourth-order valence-electron chi connectivity index (χ4n) is 1.59. The standard InChI is InChI=1S/C11H19N3O3S/c1-5-17-11-9(3)10(12-7-13-11)14-8(2)6-18(4,15)16/h7-8H,5-6H2,1-4H3,(H,12,13,14). The van der Waals surface area contributed by atoms with Gasteiger partial charge in [0.2, 0.25) is 5.88 Å². The molecule has 18 heavy (non-hydrogen) atoms. The van der Waals surface area contributed by atoms with E-state index in [1.54, 1.807) is 6.92 Å². The van der Waals surface area contributed by atoms with Crippen LogP contribution >= 0.6 is 0 Å². The van der Waals surface area contributed by atoms with Gasteiger partial charge in [-0.1, -0.05) is 0 Å². The van der Waals surface area contributed by atoms with Gasteiger partial charge < -0.3 is 10.1 Å². The highest BCUT2D eigenvalue weighted by Crippen LogP contribution is 2.20. The van der Waals surface area contributed by atoms with Crippen molar-refractivity contribution >= 4 is 15.7 Å². The minimum atomic E-state index is -3.01. The average molecular weight is 273 g/mol. The van der Waals surface area contributed by atoms with Gasteiger partial charge in [-0.2, -0.15) is 0 Å². The van der Waals surface area contributed by atoms with Gasteiger partial charge in [0.1, 0.15) is 22.0 Å². The lowest BCUT2D eigenvalue weighted by Gasteiger charge is -2.16. The van der Waals surface area contributed by atoms with Crippen molar-refractivity contribution in [3.8, 4) is 5.88 Å². The molecule has 0 saturated heterocycles. The van der Waals surface area contributed by atoms with E-state index in [9.17, 15) is 8.42 Å². The number of ether oxygens (including phenoxy) is 1. The molecule has 1 aromatic heterocycles. The van der Waals surface area contributed by atoms with E-state index in [0.29, 0.717) is 18.3 Å². The highest BCUT2D eigenvalue weighted by molar-refractivity contribution is 7.90. The lowest BCUT2D eigenvalue weighted by Crippen LogP contribution is -2.26. The molecule has 6 nitrogen and oxygen atoms in total. The largest absolute Gasteiger partial charge is 0.478 e. The van der Waals surface area contributed by atoms with E-state index in [2.05, 4.69) is 15.3 Å². The van der Waals surface area contributed by atoms with Crippen LogP contribution in [0.3, 0.4) is 0 Å². The number of hydrogen-bond donors (Lipinski definition) is 1. The van der Waals surface area contributed by atoms with E-state index in [-0.39, 0.29) is 11.8 Å². The highest BCUT2D eigenvalue weighted by Gasteiger charge is 2.14. The molecule has 1 N–H and O–H groups in total. The van der Waals surface area contributed by atoms with Crippen LogP contribution in [0, 0.1) is 6.92 Å². The van der Waals surface area contributed by atoms with Crippen molar-refractivity contribution in [1.82, 2.24) is 9.97 Å². The monoisotopic (exact) mass is 273 g/mol. The molecule has 0 aliphatic carbocycles. The SMILES string of the molecule is CCOc1ncnc(NC(C)CS(C)(=O)=O)c1C. The molecule has 0 bridgehead atoms. The van der Waals surface area contributed by atoms with Gasteiger partial charge in [-0.3, -0.25) is 0 Å². The maximum atomic E-state index is 11.2. The molecule has 102 valence electrons. The van der Waals surface area contributed by atoms with E-state index in [4.69, 9.17) is 4.74 Å². The van der Waals surface area contributed by atoms with Gasteiger partial charge in [-0.25, -0.2) is 18.4 Å². The van der Waals surface area contributed by atoms with Gasteiger partial charge >= 0.3 is 0 Å². The first kappa shape index (κ1) is 14.7. The van der Waals surface area contributed by atoms with Crippen LogP contribution in [-0.4, -0.2) is 43.0 Å². The lowest BCUT2D eigenvalue weighted by molar-refractivity contribution is 0.324. The van der Waals surface area contributed by atoms with Crippen molar-refractivity contribution in [2.24, 2.45) is 0 Å². The van der Waals surface area contributed by atoms with Crippen molar-refractivity contribution in [2.45, 2.75) is 26.8 Å². The molecule has 1 aromatic rings. The van der Waals surface area contributed by atoms with Gasteiger partial charge in [0.25, 0.3) is 0 Å².